The highest BCUT2D eigenvalue weighted by molar-refractivity contribution is 5.92. The first-order chi connectivity index (χ1) is 20.3. The number of carboxylic acids is 1. The lowest BCUT2D eigenvalue weighted by Crippen LogP contribution is -2.12. The van der Waals surface area contributed by atoms with Crippen LogP contribution in [0.1, 0.15) is 58.7 Å². The molecule has 2 heterocycles. The van der Waals surface area contributed by atoms with Gasteiger partial charge in [0.1, 0.15) is 24.1 Å². The van der Waals surface area contributed by atoms with Crippen molar-refractivity contribution in [2.45, 2.75) is 38.8 Å². The number of aromatic carboxylic acids is 1. The number of hydrogen-bond donors (Lipinski definition) is 1. The van der Waals surface area contributed by atoms with Gasteiger partial charge >= 0.3 is 5.97 Å². The van der Waals surface area contributed by atoms with E-state index >= 15 is 4.39 Å². The summed E-state index contributed by atoms with van der Waals surface area (Å²) in [5.74, 6) is -0.534. The Morgan fingerprint density at radius 2 is 1.83 bits per heavy atom. The Labute approximate surface area is 240 Å². The van der Waals surface area contributed by atoms with Crippen LogP contribution in [0.3, 0.4) is 0 Å². The van der Waals surface area contributed by atoms with E-state index in [4.69, 9.17) is 15.0 Å². The van der Waals surface area contributed by atoms with Crippen LogP contribution in [0.15, 0.2) is 72.8 Å². The Kier molecular flexibility index (Phi) is 7.13. The number of imidazole rings is 1. The van der Waals surface area contributed by atoms with Gasteiger partial charge in [-0.25, -0.2) is 23.5 Å². The average molecular weight is 565 g/mol. The summed E-state index contributed by atoms with van der Waals surface area (Å²) < 4.78 is 37.4. The minimum absolute atomic E-state index is 0.0739. The molecule has 0 radical (unpaired) electrons. The van der Waals surface area contributed by atoms with Gasteiger partial charge in [0.15, 0.2) is 0 Å². The Hall–Kier alpha value is -5.10. The topological polar surface area (TPSA) is 101 Å². The first-order valence-electron chi connectivity index (χ1n) is 13.6. The molecule has 1 N–H and O–H groups in total. The smallest absolute Gasteiger partial charge is 0.335 e. The van der Waals surface area contributed by atoms with Crippen molar-refractivity contribution in [1.29, 1.82) is 5.26 Å². The summed E-state index contributed by atoms with van der Waals surface area (Å²) >= 11 is 0. The molecule has 1 unspecified atom stereocenters. The maximum absolute atomic E-state index is 15.5. The van der Waals surface area contributed by atoms with Gasteiger partial charge in [0.2, 0.25) is 5.88 Å². The van der Waals surface area contributed by atoms with Crippen molar-refractivity contribution >= 4 is 17.0 Å². The van der Waals surface area contributed by atoms with Gasteiger partial charge in [-0.3, -0.25) is 0 Å². The summed E-state index contributed by atoms with van der Waals surface area (Å²) in [5, 5.41) is 18.4. The van der Waals surface area contributed by atoms with Crippen LogP contribution in [0, 0.1) is 28.9 Å². The number of fused-ring (bicyclic) bond motifs is 1. The summed E-state index contributed by atoms with van der Waals surface area (Å²) in [7, 11) is 0. The number of hydrogen-bond acceptors (Lipinski definition) is 5. The van der Waals surface area contributed by atoms with Gasteiger partial charge in [0.25, 0.3) is 0 Å². The standard InChI is InChI=1S/C33H26F2N4O3/c1-19(21-7-8-21)39-30-15-24(33(40)41)11-12-29(30)37-31(39)16-22-9-10-23(14-27(22)35)28-3-2-4-32(38-28)42-18-25-6-5-20(17-36)13-26(25)34/h2-6,9-15,19,21H,7-8,16,18H2,1H3,(H,40,41). The van der Waals surface area contributed by atoms with Gasteiger partial charge in [0.05, 0.1) is 33.9 Å². The molecule has 0 saturated heterocycles. The maximum Gasteiger partial charge on any atom is 0.335 e. The van der Waals surface area contributed by atoms with Crippen LogP contribution in [-0.2, 0) is 13.0 Å². The number of nitriles is 1. The summed E-state index contributed by atoms with van der Waals surface area (Å²) in [4.78, 5) is 20.8. The van der Waals surface area contributed by atoms with Gasteiger partial charge in [-0.15, -0.1) is 0 Å². The largest absolute Gasteiger partial charge is 0.478 e. The van der Waals surface area contributed by atoms with Gasteiger partial charge in [0, 0.05) is 29.7 Å². The summed E-state index contributed by atoms with van der Waals surface area (Å²) in [6, 6.07) is 21.1. The van der Waals surface area contributed by atoms with Crippen LogP contribution >= 0.6 is 0 Å². The molecule has 0 amide bonds. The second kappa shape index (κ2) is 11.1. The van der Waals surface area contributed by atoms with Gasteiger partial charge in [-0.1, -0.05) is 24.3 Å². The molecule has 1 atom stereocenters. The fourth-order valence-electron chi connectivity index (χ4n) is 5.21. The number of ether oxygens (including phenoxy) is 1. The third-order valence-electron chi connectivity index (χ3n) is 7.70. The van der Waals surface area contributed by atoms with E-state index in [-0.39, 0.29) is 41.6 Å². The molecule has 3 aromatic carbocycles. The fourth-order valence-corrected chi connectivity index (χ4v) is 5.21. The van der Waals surface area contributed by atoms with E-state index < -0.39 is 17.6 Å². The van der Waals surface area contributed by atoms with Crippen LogP contribution in [0.5, 0.6) is 5.88 Å². The second-order valence-electron chi connectivity index (χ2n) is 10.5. The zero-order valence-corrected chi connectivity index (χ0v) is 22.7. The van der Waals surface area contributed by atoms with Crippen LogP contribution in [0.4, 0.5) is 8.78 Å². The third-order valence-corrected chi connectivity index (χ3v) is 7.70. The van der Waals surface area contributed by atoms with Crippen LogP contribution < -0.4 is 4.74 Å². The van der Waals surface area contributed by atoms with Crippen molar-refractivity contribution in [1.82, 2.24) is 14.5 Å². The van der Waals surface area contributed by atoms with Crippen LogP contribution in [-0.4, -0.2) is 25.6 Å². The number of carboxylic acid groups (broad SMARTS) is 1. The minimum Gasteiger partial charge on any atom is -0.478 e. The Morgan fingerprint density at radius 3 is 2.55 bits per heavy atom. The zero-order chi connectivity index (χ0) is 29.4. The molecule has 1 aliphatic carbocycles. The van der Waals surface area contributed by atoms with E-state index in [1.165, 1.54) is 24.3 Å². The maximum atomic E-state index is 15.5. The molecule has 42 heavy (non-hydrogen) atoms. The van der Waals surface area contributed by atoms with E-state index in [1.807, 2.05) is 6.07 Å². The molecule has 9 heteroatoms. The highest BCUT2D eigenvalue weighted by Gasteiger charge is 2.32. The lowest BCUT2D eigenvalue weighted by molar-refractivity contribution is 0.0697. The third kappa shape index (κ3) is 5.44. The molecule has 1 aliphatic rings. The Balaban J connectivity index is 1.24. The van der Waals surface area contributed by atoms with Crippen molar-refractivity contribution < 1.29 is 23.4 Å². The average Bonchev–Trinajstić information content (AvgIpc) is 3.78. The predicted octanol–water partition coefficient (Wildman–Crippen LogP) is 7.09. The van der Waals surface area contributed by atoms with Crippen LogP contribution in [0.25, 0.3) is 22.3 Å². The Morgan fingerprint density at radius 1 is 1.05 bits per heavy atom. The molecule has 0 aliphatic heterocycles. The number of aromatic nitrogens is 3. The summed E-state index contributed by atoms with van der Waals surface area (Å²) in [6.45, 7) is 2.03. The Bertz CT molecular complexity index is 1870. The fraction of sp³-hybridized carbons (Fsp3) is 0.212. The molecular weight excluding hydrogens is 538 g/mol. The molecule has 0 bridgehead atoms. The number of rotatable bonds is 9. The molecule has 6 rings (SSSR count). The molecule has 0 spiro atoms. The van der Waals surface area contributed by atoms with Gasteiger partial charge < -0.3 is 14.4 Å². The summed E-state index contributed by atoms with van der Waals surface area (Å²) in [6.07, 6.45) is 2.44. The van der Waals surface area contributed by atoms with E-state index in [0.29, 0.717) is 34.1 Å². The SMILES string of the molecule is CC(C1CC1)n1c(Cc2ccc(-c3cccc(OCc4ccc(C#N)cc4F)n3)cc2F)nc2ccc(C(=O)O)cc21. The van der Waals surface area contributed by atoms with E-state index in [1.54, 1.807) is 42.5 Å². The lowest BCUT2D eigenvalue weighted by atomic mass is 10.0. The molecule has 5 aromatic rings. The summed E-state index contributed by atoms with van der Waals surface area (Å²) in [5.41, 5.74) is 3.63. The number of pyridine rings is 1. The van der Waals surface area contributed by atoms with E-state index in [0.717, 1.165) is 24.4 Å². The number of halogens is 2. The predicted molar refractivity (Wildman–Crippen MR) is 152 cm³/mol. The van der Waals surface area contributed by atoms with Crippen molar-refractivity contribution in [2.24, 2.45) is 5.92 Å². The molecule has 7 nitrogen and oxygen atoms in total. The number of benzene rings is 3. The van der Waals surface area contributed by atoms with Crippen molar-refractivity contribution in [3.8, 4) is 23.2 Å². The minimum atomic E-state index is -1.00. The number of carbonyl (C=O) groups is 1. The van der Waals surface area contributed by atoms with Crippen molar-refractivity contribution in [3.63, 3.8) is 0 Å². The molecule has 1 saturated carbocycles. The monoisotopic (exact) mass is 564 g/mol. The molecule has 210 valence electrons. The van der Waals surface area contributed by atoms with Crippen molar-refractivity contribution in [3.05, 3.63) is 113 Å². The quantitative estimate of drug-likeness (QED) is 0.205. The van der Waals surface area contributed by atoms with Gasteiger partial charge in [-0.2, -0.15) is 5.26 Å². The molecule has 2 aromatic heterocycles. The van der Waals surface area contributed by atoms with E-state index in [2.05, 4.69) is 16.5 Å². The van der Waals surface area contributed by atoms with E-state index in [9.17, 15) is 14.3 Å². The number of nitrogens with zero attached hydrogens (tertiary/aromatic N) is 4. The van der Waals surface area contributed by atoms with Crippen LogP contribution in [0.2, 0.25) is 0 Å². The lowest BCUT2D eigenvalue weighted by Gasteiger charge is -2.18. The second-order valence-corrected chi connectivity index (χ2v) is 10.5. The highest BCUT2D eigenvalue weighted by Crippen LogP contribution is 2.41. The first-order valence-corrected chi connectivity index (χ1v) is 13.6. The van der Waals surface area contributed by atoms with Crippen molar-refractivity contribution in [2.75, 3.05) is 0 Å². The highest BCUT2D eigenvalue weighted by atomic mass is 19.1. The molecule has 1 fully saturated rings. The molecular formula is C33H26F2N4O3. The first kappa shape index (κ1) is 27.1. The zero-order valence-electron chi connectivity index (χ0n) is 22.7. The van der Waals surface area contributed by atoms with Gasteiger partial charge in [-0.05, 0) is 73.7 Å². The normalized spacial score (nSPS) is 13.6.